The molecule has 4 nitrogen and oxygen atoms in total. The van der Waals surface area contributed by atoms with E-state index in [1.165, 1.54) is 24.0 Å². The molecule has 0 atom stereocenters. The van der Waals surface area contributed by atoms with E-state index >= 15 is 0 Å². The topological polar surface area (TPSA) is 50.9 Å². The lowest BCUT2D eigenvalue weighted by atomic mass is 10.0. The molecule has 2 aromatic rings. The molecule has 20 heavy (non-hydrogen) atoms. The number of hydrogen-bond acceptors (Lipinski definition) is 3. The monoisotopic (exact) mass is 271 g/mol. The van der Waals surface area contributed by atoms with Crippen LogP contribution in [0.4, 0.5) is 0 Å². The Morgan fingerprint density at radius 1 is 1.15 bits per heavy atom. The van der Waals surface area contributed by atoms with Gasteiger partial charge in [0.15, 0.2) is 11.6 Å². The van der Waals surface area contributed by atoms with Gasteiger partial charge in [-0.05, 0) is 57.2 Å². The molecule has 1 aromatic heterocycles. The molecule has 1 aliphatic carbocycles. The molecule has 0 fully saturated rings. The van der Waals surface area contributed by atoms with Crippen molar-refractivity contribution in [3.8, 4) is 11.4 Å². The van der Waals surface area contributed by atoms with E-state index < -0.39 is 0 Å². The Morgan fingerprint density at radius 2 is 1.90 bits per heavy atom. The number of nitrogens with zero attached hydrogens (tertiary/aromatic N) is 3. The number of rotatable bonds is 2. The molecule has 1 N–H and O–H groups in total. The SMILES string of the molecule is CC(C)(C)n1c(CO)nnc1-c1ccc2c(c1)CCC2. The van der Waals surface area contributed by atoms with Crippen molar-refractivity contribution in [3.63, 3.8) is 0 Å². The Hall–Kier alpha value is -1.68. The van der Waals surface area contributed by atoms with Gasteiger partial charge in [0, 0.05) is 11.1 Å². The zero-order chi connectivity index (χ0) is 14.3. The molecule has 106 valence electrons. The van der Waals surface area contributed by atoms with Crippen LogP contribution in [0.2, 0.25) is 0 Å². The smallest absolute Gasteiger partial charge is 0.164 e. The highest BCUT2D eigenvalue weighted by atomic mass is 16.3. The second-order valence-corrected chi connectivity index (χ2v) is 6.44. The highest BCUT2D eigenvalue weighted by Gasteiger charge is 2.24. The predicted molar refractivity (Wildman–Crippen MR) is 78.4 cm³/mol. The van der Waals surface area contributed by atoms with Gasteiger partial charge in [-0.25, -0.2) is 0 Å². The van der Waals surface area contributed by atoms with Crippen LogP contribution in [0.3, 0.4) is 0 Å². The van der Waals surface area contributed by atoms with Gasteiger partial charge in [-0.3, -0.25) is 0 Å². The van der Waals surface area contributed by atoms with Gasteiger partial charge in [0.05, 0.1) is 0 Å². The molecular weight excluding hydrogens is 250 g/mol. The molecule has 1 aromatic carbocycles. The first-order valence-electron chi connectivity index (χ1n) is 7.18. The van der Waals surface area contributed by atoms with Crippen molar-refractivity contribution < 1.29 is 5.11 Å². The minimum Gasteiger partial charge on any atom is -0.388 e. The first kappa shape index (κ1) is 13.3. The predicted octanol–water partition coefficient (Wildman–Crippen LogP) is 2.68. The first-order chi connectivity index (χ1) is 9.50. The summed E-state index contributed by atoms with van der Waals surface area (Å²) in [6, 6.07) is 6.56. The molecule has 0 unspecified atom stereocenters. The molecule has 0 saturated carbocycles. The minimum absolute atomic E-state index is 0.0881. The van der Waals surface area contributed by atoms with Gasteiger partial charge in [-0.2, -0.15) is 0 Å². The highest BCUT2D eigenvalue weighted by molar-refractivity contribution is 5.59. The third-order valence-electron chi connectivity index (χ3n) is 3.90. The van der Waals surface area contributed by atoms with Crippen LogP contribution < -0.4 is 0 Å². The van der Waals surface area contributed by atoms with Gasteiger partial charge in [0.2, 0.25) is 0 Å². The van der Waals surface area contributed by atoms with Crippen molar-refractivity contribution in [2.45, 2.75) is 52.2 Å². The third kappa shape index (κ3) is 2.14. The Kier molecular flexibility index (Phi) is 3.13. The molecule has 0 amide bonds. The molecule has 0 aliphatic heterocycles. The van der Waals surface area contributed by atoms with E-state index in [9.17, 15) is 5.11 Å². The minimum atomic E-state index is -0.157. The summed E-state index contributed by atoms with van der Waals surface area (Å²) in [7, 11) is 0. The Labute approximate surface area is 119 Å². The van der Waals surface area contributed by atoms with Crippen LogP contribution in [0.15, 0.2) is 18.2 Å². The zero-order valence-electron chi connectivity index (χ0n) is 12.3. The zero-order valence-corrected chi connectivity index (χ0v) is 12.3. The fraction of sp³-hybridized carbons (Fsp3) is 0.500. The largest absolute Gasteiger partial charge is 0.388 e. The molecule has 3 rings (SSSR count). The fourth-order valence-electron chi connectivity index (χ4n) is 3.02. The summed E-state index contributed by atoms with van der Waals surface area (Å²) >= 11 is 0. The summed E-state index contributed by atoms with van der Waals surface area (Å²) in [4.78, 5) is 0. The number of fused-ring (bicyclic) bond motifs is 1. The van der Waals surface area contributed by atoms with Gasteiger partial charge in [0.1, 0.15) is 6.61 Å². The Balaban J connectivity index is 2.13. The van der Waals surface area contributed by atoms with Gasteiger partial charge >= 0.3 is 0 Å². The summed E-state index contributed by atoms with van der Waals surface area (Å²) in [5.41, 5.74) is 3.82. The highest BCUT2D eigenvalue weighted by Crippen LogP contribution is 2.30. The maximum absolute atomic E-state index is 9.47. The quantitative estimate of drug-likeness (QED) is 0.913. The van der Waals surface area contributed by atoms with Crippen LogP contribution in [-0.4, -0.2) is 19.9 Å². The van der Waals surface area contributed by atoms with E-state index in [0.29, 0.717) is 5.82 Å². The number of aromatic nitrogens is 3. The normalized spacial score (nSPS) is 14.6. The van der Waals surface area contributed by atoms with Crippen molar-refractivity contribution in [2.75, 3.05) is 0 Å². The Morgan fingerprint density at radius 3 is 2.60 bits per heavy atom. The van der Waals surface area contributed by atoms with Crippen LogP contribution in [-0.2, 0) is 25.0 Å². The van der Waals surface area contributed by atoms with E-state index in [1.54, 1.807) is 0 Å². The number of benzene rings is 1. The van der Waals surface area contributed by atoms with Crippen molar-refractivity contribution in [1.82, 2.24) is 14.8 Å². The maximum Gasteiger partial charge on any atom is 0.164 e. The lowest BCUT2D eigenvalue weighted by molar-refractivity contribution is 0.250. The van der Waals surface area contributed by atoms with Crippen molar-refractivity contribution in [3.05, 3.63) is 35.2 Å². The third-order valence-corrected chi connectivity index (χ3v) is 3.90. The summed E-state index contributed by atoms with van der Waals surface area (Å²) in [6.45, 7) is 6.22. The lowest BCUT2D eigenvalue weighted by Gasteiger charge is -2.24. The molecule has 0 spiro atoms. The van der Waals surface area contributed by atoms with Crippen LogP contribution in [0.25, 0.3) is 11.4 Å². The average molecular weight is 271 g/mol. The van der Waals surface area contributed by atoms with Gasteiger partial charge in [0.25, 0.3) is 0 Å². The maximum atomic E-state index is 9.47. The van der Waals surface area contributed by atoms with Crippen LogP contribution in [0, 0.1) is 0 Å². The molecule has 1 heterocycles. The number of hydrogen-bond donors (Lipinski definition) is 1. The summed E-state index contributed by atoms with van der Waals surface area (Å²) in [5.74, 6) is 1.46. The van der Waals surface area contributed by atoms with Crippen LogP contribution in [0.5, 0.6) is 0 Å². The molecule has 0 bridgehead atoms. The second-order valence-electron chi connectivity index (χ2n) is 6.44. The van der Waals surface area contributed by atoms with Gasteiger partial charge in [-0.15, -0.1) is 10.2 Å². The lowest BCUT2D eigenvalue weighted by Crippen LogP contribution is -2.25. The number of aliphatic hydroxyl groups excluding tert-OH is 1. The van der Waals surface area contributed by atoms with Crippen molar-refractivity contribution in [2.24, 2.45) is 0 Å². The summed E-state index contributed by atoms with van der Waals surface area (Å²) in [5, 5.41) is 17.9. The molecular formula is C16H21N3O. The number of aryl methyl sites for hydroxylation is 2. The molecule has 0 saturated heterocycles. The van der Waals surface area contributed by atoms with E-state index in [1.807, 2.05) is 4.57 Å². The van der Waals surface area contributed by atoms with E-state index in [-0.39, 0.29) is 12.1 Å². The van der Waals surface area contributed by atoms with E-state index in [0.717, 1.165) is 17.8 Å². The molecule has 4 heteroatoms. The standard InChI is InChI=1S/C16H21N3O/c1-16(2,3)19-14(10-20)17-18-15(19)13-8-7-11-5-4-6-12(11)9-13/h7-9,20H,4-6,10H2,1-3H3. The summed E-state index contributed by atoms with van der Waals surface area (Å²) in [6.07, 6.45) is 3.58. The van der Waals surface area contributed by atoms with Gasteiger partial charge in [-0.1, -0.05) is 12.1 Å². The van der Waals surface area contributed by atoms with Crippen LogP contribution in [0.1, 0.15) is 44.1 Å². The molecule has 0 radical (unpaired) electrons. The first-order valence-corrected chi connectivity index (χ1v) is 7.18. The van der Waals surface area contributed by atoms with E-state index in [2.05, 4.69) is 49.2 Å². The van der Waals surface area contributed by atoms with Crippen molar-refractivity contribution >= 4 is 0 Å². The van der Waals surface area contributed by atoms with Crippen LogP contribution >= 0.6 is 0 Å². The second kappa shape index (κ2) is 4.70. The number of aliphatic hydroxyl groups is 1. The van der Waals surface area contributed by atoms with Crippen molar-refractivity contribution in [1.29, 1.82) is 0 Å². The Bertz CT molecular complexity index is 638. The average Bonchev–Trinajstić information content (AvgIpc) is 3.03. The fourth-order valence-corrected chi connectivity index (χ4v) is 3.02. The molecule has 1 aliphatic rings. The van der Waals surface area contributed by atoms with E-state index in [4.69, 9.17) is 0 Å². The summed E-state index contributed by atoms with van der Waals surface area (Å²) < 4.78 is 2.03. The van der Waals surface area contributed by atoms with Gasteiger partial charge < -0.3 is 9.67 Å².